The molecule has 2 aliphatic rings. The van der Waals surface area contributed by atoms with Crippen LogP contribution in [0.1, 0.15) is 62.2 Å². The van der Waals surface area contributed by atoms with Gasteiger partial charge in [0.25, 0.3) is 0 Å². The molecule has 0 bridgehead atoms. The molecule has 0 amide bonds. The number of rotatable bonds is 4. The molecule has 1 aromatic carbocycles. The molecule has 170 valence electrons. The molecule has 1 saturated heterocycles. The number of aryl methyl sites for hydroxylation is 1. The fourth-order valence-electron chi connectivity index (χ4n) is 4.78. The average Bonchev–Trinajstić information content (AvgIpc) is 3.04. The summed E-state index contributed by atoms with van der Waals surface area (Å²) in [5, 5.41) is 9.27. The average molecular weight is 454 g/mol. The second-order valence-electron chi connectivity index (χ2n) is 9.83. The van der Waals surface area contributed by atoms with Gasteiger partial charge in [-0.15, -0.1) is 4.72 Å². The number of nitriles is 1. The molecule has 7 nitrogen and oxygen atoms in total. The van der Waals surface area contributed by atoms with Crippen molar-refractivity contribution >= 4 is 17.3 Å². The number of nitrogens with zero attached hydrogens (tertiary/aromatic N) is 4. The minimum absolute atomic E-state index is 0.0112. The van der Waals surface area contributed by atoms with Gasteiger partial charge < -0.3 is 14.2 Å². The van der Waals surface area contributed by atoms with Crippen LogP contribution in [-0.4, -0.2) is 39.5 Å². The molecule has 0 saturated carbocycles. The van der Waals surface area contributed by atoms with Crippen molar-refractivity contribution in [2.75, 3.05) is 25.1 Å². The van der Waals surface area contributed by atoms with Gasteiger partial charge >= 0.3 is 0 Å². The van der Waals surface area contributed by atoms with Crippen LogP contribution in [0.25, 0.3) is 0 Å². The number of methoxy groups -OCH3 is 1. The van der Waals surface area contributed by atoms with Crippen LogP contribution in [0, 0.1) is 23.7 Å². The minimum Gasteiger partial charge on any atom is -0.598 e. The Bertz CT molecular complexity index is 1040. The van der Waals surface area contributed by atoms with E-state index in [0.717, 1.165) is 43.8 Å². The molecule has 2 aromatic rings. The predicted octanol–water partition coefficient (Wildman–Crippen LogP) is 3.60. The molecule has 4 rings (SSSR count). The Morgan fingerprint density at radius 2 is 1.97 bits per heavy atom. The number of anilines is 1. The second kappa shape index (κ2) is 8.54. The van der Waals surface area contributed by atoms with Gasteiger partial charge in [-0.05, 0) is 76.3 Å². The maximum Gasteiger partial charge on any atom is 0.226 e. The first-order valence-electron chi connectivity index (χ1n) is 11.0. The van der Waals surface area contributed by atoms with Gasteiger partial charge in [-0.25, -0.2) is 9.97 Å². The molecule has 1 aromatic heterocycles. The van der Waals surface area contributed by atoms with Gasteiger partial charge in [0, 0.05) is 35.6 Å². The standard InChI is InChI=1S/C24H31N5O2S/c1-16-12-18(15-25)27-22(26-16)29-10-8-24(9-11-29)14-17-6-7-19(31-5)13-20(17)21(24)28-32(30)23(2,3)4/h6-7,12-13,21,28H,8-11,14H2,1-5H3/t21-,32-/m1/s1. The first kappa shape index (κ1) is 22.8. The SMILES string of the molecule is COc1ccc2c(c1)[C@@H](N[S@+]([O-])C(C)(C)C)C1(CCN(c3nc(C)cc(C#N)n3)CC1)C2. The lowest BCUT2D eigenvalue weighted by molar-refractivity contribution is 0.175. The maximum absolute atomic E-state index is 13.1. The first-order valence-corrected chi connectivity index (χ1v) is 12.2. The highest BCUT2D eigenvalue weighted by Gasteiger charge is 2.50. The third-order valence-corrected chi connectivity index (χ3v) is 8.16. The van der Waals surface area contributed by atoms with E-state index in [2.05, 4.69) is 37.8 Å². The number of hydrogen-bond donors (Lipinski definition) is 1. The van der Waals surface area contributed by atoms with Gasteiger partial charge in [-0.3, -0.25) is 0 Å². The van der Waals surface area contributed by atoms with E-state index in [0.29, 0.717) is 11.6 Å². The van der Waals surface area contributed by atoms with Crippen LogP contribution in [0.15, 0.2) is 24.3 Å². The van der Waals surface area contributed by atoms with Crippen LogP contribution in [0.4, 0.5) is 5.95 Å². The number of ether oxygens (including phenoxy) is 1. The lowest BCUT2D eigenvalue weighted by Crippen LogP contribution is -2.50. The van der Waals surface area contributed by atoms with Gasteiger partial charge in [0.2, 0.25) is 5.95 Å². The number of nitrogens with one attached hydrogen (secondary N) is 1. The van der Waals surface area contributed by atoms with E-state index in [9.17, 15) is 9.81 Å². The van der Waals surface area contributed by atoms with Gasteiger partial charge in [-0.1, -0.05) is 6.07 Å². The molecule has 1 N–H and O–H groups in total. The number of fused-ring (bicyclic) bond motifs is 1. The summed E-state index contributed by atoms with van der Waals surface area (Å²) in [6.45, 7) is 9.46. The molecule has 2 heterocycles. The number of aromatic nitrogens is 2. The Hall–Kier alpha value is -2.34. The fraction of sp³-hybridized carbons (Fsp3) is 0.542. The lowest BCUT2D eigenvalue weighted by Gasteiger charge is -2.44. The van der Waals surface area contributed by atoms with Gasteiger partial charge in [0.1, 0.15) is 22.3 Å². The summed E-state index contributed by atoms with van der Waals surface area (Å²) in [5.74, 6) is 1.44. The smallest absolute Gasteiger partial charge is 0.226 e. The van der Waals surface area contributed by atoms with Gasteiger partial charge in [0.05, 0.1) is 13.2 Å². The zero-order valence-electron chi connectivity index (χ0n) is 19.4. The van der Waals surface area contributed by atoms with Crippen LogP contribution < -0.4 is 14.4 Å². The molecular weight excluding hydrogens is 422 g/mol. The summed E-state index contributed by atoms with van der Waals surface area (Å²) in [6.07, 6.45) is 2.78. The normalized spacial score (nSPS) is 20.7. The van der Waals surface area contributed by atoms with E-state index < -0.39 is 11.4 Å². The monoisotopic (exact) mass is 453 g/mol. The maximum atomic E-state index is 13.1. The van der Waals surface area contributed by atoms with Crippen molar-refractivity contribution in [1.29, 1.82) is 5.26 Å². The summed E-state index contributed by atoms with van der Waals surface area (Å²) in [5.41, 5.74) is 3.64. The van der Waals surface area contributed by atoms with Gasteiger partial charge in [0.15, 0.2) is 0 Å². The van der Waals surface area contributed by atoms with Crippen molar-refractivity contribution in [3.05, 3.63) is 46.8 Å². The van der Waals surface area contributed by atoms with Crippen molar-refractivity contribution in [3.63, 3.8) is 0 Å². The molecule has 1 aliphatic heterocycles. The Labute approximate surface area is 193 Å². The molecule has 1 aliphatic carbocycles. The van der Waals surface area contributed by atoms with Crippen molar-refractivity contribution in [2.45, 2.75) is 57.7 Å². The van der Waals surface area contributed by atoms with E-state index in [1.165, 1.54) is 11.1 Å². The molecule has 2 atom stereocenters. The Balaban J connectivity index is 1.62. The van der Waals surface area contributed by atoms with Crippen LogP contribution >= 0.6 is 0 Å². The zero-order chi connectivity index (χ0) is 23.1. The molecule has 8 heteroatoms. The summed E-state index contributed by atoms with van der Waals surface area (Å²) >= 11 is -1.19. The summed E-state index contributed by atoms with van der Waals surface area (Å²) in [7, 11) is 1.68. The van der Waals surface area contributed by atoms with Crippen molar-refractivity contribution < 1.29 is 9.29 Å². The minimum atomic E-state index is -1.19. The lowest BCUT2D eigenvalue weighted by atomic mass is 9.73. The highest BCUT2D eigenvalue weighted by molar-refractivity contribution is 7.90. The Kier molecular flexibility index (Phi) is 6.10. The largest absolute Gasteiger partial charge is 0.598 e. The second-order valence-corrected chi connectivity index (χ2v) is 11.8. The third kappa shape index (κ3) is 4.29. The molecule has 1 fully saturated rings. The highest BCUT2D eigenvalue weighted by Crippen LogP contribution is 2.53. The van der Waals surface area contributed by atoms with E-state index in [-0.39, 0.29) is 16.2 Å². The van der Waals surface area contributed by atoms with E-state index in [1.807, 2.05) is 33.8 Å². The fourth-order valence-corrected chi connectivity index (χ4v) is 5.73. The van der Waals surface area contributed by atoms with Crippen LogP contribution in [-0.2, 0) is 17.8 Å². The van der Waals surface area contributed by atoms with Crippen LogP contribution in [0.5, 0.6) is 5.75 Å². The molecule has 0 radical (unpaired) electrons. The van der Waals surface area contributed by atoms with Crippen LogP contribution in [0.3, 0.4) is 0 Å². The molecule has 0 unspecified atom stereocenters. The van der Waals surface area contributed by atoms with Crippen LogP contribution in [0.2, 0.25) is 0 Å². The molecule has 1 spiro atoms. The van der Waals surface area contributed by atoms with E-state index >= 15 is 0 Å². The summed E-state index contributed by atoms with van der Waals surface area (Å²) < 4.78 is 21.7. The number of piperidine rings is 1. The predicted molar refractivity (Wildman–Crippen MR) is 126 cm³/mol. The topological polar surface area (TPSA) is 97.1 Å². The Morgan fingerprint density at radius 1 is 1.25 bits per heavy atom. The molecule has 32 heavy (non-hydrogen) atoms. The third-order valence-electron chi connectivity index (χ3n) is 6.60. The number of benzene rings is 1. The summed E-state index contributed by atoms with van der Waals surface area (Å²) in [6, 6.07) is 10.1. The van der Waals surface area contributed by atoms with Crippen molar-refractivity contribution in [2.24, 2.45) is 5.41 Å². The van der Waals surface area contributed by atoms with E-state index in [4.69, 9.17) is 4.74 Å². The summed E-state index contributed by atoms with van der Waals surface area (Å²) in [4.78, 5) is 11.2. The van der Waals surface area contributed by atoms with Gasteiger partial charge in [-0.2, -0.15) is 5.26 Å². The molecular formula is C24H31N5O2S. The quantitative estimate of drug-likeness (QED) is 0.707. The number of hydrogen-bond acceptors (Lipinski definition) is 7. The van der Waals surface area contributed by atoms with E-state index in [1.54, 1.807) is 13.2 Å². The highest BCUT2D eigenvalue weighted by atomic mass is 32.2. The Morgan fingerprint density at radius 3 is 2.59 bits per heavy atom. The first-order chi connectivity index (χ1) is 15.1. The zero-order valence-corrected chi connectivity index (χ0v) is 20.3. The van der Waals surface area contributed by atoms with Crippen molar-refractivity contribution in [3.8, 4) is 11.8 Å². The van der Waals surface area contributed by atoms with Crippen molar-refractivity contribution in [1.82, 2.24) is 14.7 Å².